The van der Waals surface area contributed by atoms with Crippen molar-refractivity contribution in [1.29, 1.82) is 0 Å². The summed E-state index contributed by atoms with van der Waals surface area (Å²) in [6, 6.07) is 77.4. The number of hydrogen-bond donors (Lipinski definition) is 0. The average molecular weight is 847 g/mol. The lowest BCUT2D eigenvalue weighted by atomic mass is 9.79. The fourth-order valence-electron chi connectivity index (χ4n) is 11.2. The Morgan fingerprint density at radius 3 is 1.82 bits per heavy atom. The van der Waals surface area contributed by atoms with E-state index in [4.69, 9.17) is 4.42 Å². The van der Waals surface area contributed by atoms with Gasteiger partial charge in [-0.25, -0.2) is 0 Å². The van der Waals surface area contributed by atoms with Gasteiger partial charge in [0.1, 0.15) is 11.2 Å². The van der Waals surface area contributed by atoms with E-state index < -0.39 is 0 Å². The Morgan fingerprint density at radius 1 is 0.500 bits per heavy atom. The number of rotatable bonds is 7. The molecule has 2 aromatic heterocycles. The molecule has 0 fully saturated rings. The minimum atomic E-state index is -0.110. The van der Waals surface area contributed by atoms with Crippen LogP contribution in [0.25, 0.3) is 88.4 Å². The molecule has 2 aliphatic rings. The molecule has 1 atom stereocenters. The SMILES string of the molecule is CC1(C)C2=CC(N(c3ccc(-c4ccccc4)cc3)c3ccc4c(c3)c3c(-c5ccc(-c6ccccc6)cc5)c5c(cc3n4-c3ccccc3)oc3ccccc35)CC=C2c2ccccc21. The molecule has 3 nitrogen and oxygen atoms in total. The van der Waals surface area contributed by atoms with Gasteiger partial charge in [-0.3, -0.25) is 0 Å². The number of furan rings is 1. The van der Waals surface area contributed by atoms with Gasteiger partial charge in [-0.2, -0.15) is 0 Å². The fraction of sp³-hybridized carbons (Fsp3) is 0.0794. The fourth-order valence-corrected chi connectivity index (χ4v) is 11.2. The summed E-state index contributed by atoms with van der Waals surface area (Å²) in [6.07, 6.45) is 5.95. The van der Waals surface area contributed by atoms with E-state index in [2.05, 4.69) is 248 Å². The summed E-state index contributed by atoms with van der Waals surface area (Å²) in [7, 11) is 0. The van der Waals surface area contributed by atoms with Crippen LogP contribution in [0.5, 0.6) is 0 Å². The van der Waals surface area contributed by atoms with Crippen LogP contribution in [0.15, 0.2) is 234 Å². The summed E-state index contributed by atoms with van der Waals surface area (Å²) < 4.78 is 9.21. The third kappa shape index (κ3) is 5.97. The van der Waals surface area contributed by atoms with E-state index in [0.29, 0.717) is 0 Å². The zero-order chi connectivity index (χ0) is 43.9. The average Bonchev–Trinajstić information content (AvgIpc) is 3.99. The number of anilines is 2. The van der Waals surface area contributed by atoms with Gasteiger partial charge < -0.3 is 13.9 Å². The van der Waals surface area contributed by atoms with Gasteiger partial charge in [-0.15, -0.1) is 0 Å². The topological polar surface area (TPSA) is 21.3 Å². The smallest absolute Gasteiger partial charge is 0.138 e. The number of fused-ring (bicyclic) bond motifs is 9. The van der Waals surface area contributed by atoms with Gasteiger partial charge in [-0.05, 0) is 105 Å². The van der Waals surface area contributed by atoms with E-state index in [-0.39, 0.29) is 11.5 Å². The first-order valence-corrected chi connectivity index (χ1v) is 23.1. The number of aromatic nitrogens is 1. The Kier molecular flexibility index (Phi) is 8.69. The minimum absolute atomic E-state index is 0.0781. The highest BCUT2D eigenvalue weighted by molar-refractivity contribution is 6.27. The molecule has 0 aliphatic heterocycles. The number of nitrogens with zero attached hydrogens (tertiary/aromatic N) is 2. The molecule has 0 saturated heterocycles. The highest BCUT2D eigenvalue weighted by Crippen LogP contribution is 2.53. The second-order valence-electron chi connectivity index (χ2n) is 18.4. The number of allylic oxidation sites excluding steroid dienone is 2. The first-order valence-electron chi connectivity index (χ1n) is 23.1. The lowest BCUT2D eigenvalue weighted by molar-refractivity contribution is 0.644. The molecule has 0 radical (unpaired) electrons. The molecule has 13 rings (SSSR count). The second-order valence-corrected chi connectivity index (χ2v) is 18.4. The molecule has 0 spiro atoms. The Morgan fingerprint density at radius 2 is 1.09 bits per heavy atom. The lowest BCUT2D eigenvalue weighted by Crippen LogP contribution is -2.32. The summed E-state index contributed by atoms with van der Waals surface area (Å²) in [5.74, 6) is 0. The van der Waals surface area contributed by atoms with Crippen LogP contribution in [0.1, 0.15) is 31.4 Å². The Labute approximate surface area is 384 Å². The summed E-state index contributed by atoms with van der Waals surface area (Å²) in [6.45, 7) is 4.78. The van der Waals surface area contributed by atoms with Gasteiger partial charge in [0.05, 0.1) is 17.1 Å². The largest absolute Gasteiger partial charge is 0.456 e. The van der Waals surface area contributed by atoms with Crippen molar-refractivity contribution >= 4 is 60.7 Å². The van der Waals surface area contributed by atoms with Gasteiger partial charge in [0.25, 0.3) is 0 Å². The van der Waals surface area contributed by atoms with Crippen molar-refractivity contribution < 1.29 is 4.42 Å². The molecule has 2 aliphatic carbocycles. The highest BCUT2D eigenvalue weighted by Gasteiger charge is 2.40. The first-order chi connectivity index (χ1) is 32.5. The van der Waals surface area contributed by atoms with Crippen molar-refractivity contribution in [3.63, 3.8) is 0 Å². The van der Waals surface area contributed by atoms with Crippen LogP contribution in [0.4, 0.5) is 11.4 Å². The first kappa shape index (κ1) is 38.3. The second kappa shape index (κ2) is 15.0. The van der Waals surface area contributed by atoms with Gasteiger partial charge in [0.15, 0.2) is 0 Å². The third-order valence-electron chi connectivity index (χ3n) is 14.3. The predicted molar refractivity (Wildman–Crippen MR) is 277 cm³/mol. The van der Waals surface area contributed by atoms with Crippen molar-refractivity contribution in [3.8, 4) is 39.1 Å². The molecule has 0 saturated carbocycles. The highest BCUT2D eigenvalue weighted by atomic mass is 16.3. The third-order valence-corrected chi connectivity index (χ3v) is 14.3. The van der Waals surface area contributed by atoms with Gasteiger partial charge in [0, 0.05) is 55.7 Å². The Bertz CT molecular complexity index is 3720. The molecule has 1 unspecified atom stereocenters. The van der Waals surface area contributed by atoms with Crippen LogP contribution < -0.4 is 4.90 Å². The van der Waals surface area contributed by atoms with Gasteiger partial charge >= 0.3 is 0 Å². The standard InChI is InChI=1S/C63H46N2O/c1-63(2)54-24-14-12-22-50(54)51-36-34-49(39-55(51)63)64(47-32-30-44(31-33-47)42-18-8-4-9-19-42)48-35-37-56-53(38-48)61-57(65(56)46-20-10-5-11-21-46)40-59-62(52-23-13-15-25-58(52)66-59)60(61)45-28-26-43(27-29-45)41-16-6-3-7-17-41/h3-33,35-40,49H,34H2,1-2H3. The maximum absolute atomic E-state index is 6.78. The van der Waals surface area contributed by atoms with Crippen molar-refractivity contribution in [1.82, 2.24) is 4.57 Å². The van der Waals surface area contributed by atoms with E-state index in [1.165, 1.54) is 60.9 Å². The molecular weight excluding hydrogens is 801 g/mol. The van der Waals surface area contributed by atoms with Crippen LogP contribution in [0.3, 0.4) is 0 Å². The summed E-state index contributed by atoms with van der Waals surface area (Å²) in [5.41, 5.74) is 20.0. The van der Waals surface area contributed by atoms with Crippen LogP contribution in [0.2, 0.25) is 0 Å². The van der Waals surface area contributed by atoms with Crippen LogP contribution in [-0.4, -0.2) is 10.6 Å². The predicted octanol–water partition coefficient (Wildman–Crippen LogP) is 16.9. The number of para-hydroxylation sites is 2. The molecule has 0 bridgehead atoms. The van der Waals surface area contributed by atoms with E-state index in [9.17, 15) is 0 Å². The molecular formula is C63H46N2O. The van der Waals surface area contributed by atoms with Gasteiger partial charge in [0.2, 0.25) is 0 Å². The Hall–Kier alpha value is -8.14. The maximum Gasteiger partial charge on any atom is 0.138 e. The summed E-state index contributed by atoms with van der Waals surface area (Å²) in [5, 5.41) is 4.65. The molecule has 0 N–H and O–H groups in total. The lowest BCUT2D eigenvalue weighted by Gasteiger charge is -2.36. The van der Waals surface area contributed by atoms with E-state index in [0.717, 1.165) is 62.0 Å². The minimum Gasteiger partial charge on any atom is -0.456 e. The molecule has 11 aromatic rings. The van der Waals surface area contributed by atoms with Crippen LogP contribution >= 0.6 is 0 Å². The molecule has 3 heteroatoms. The number of hydrogen-bond acceptors (Lipinski definition) is 2. The summed E-state index contributed by atoms with van der Waals surface area (Å²) >= 11 is 0. The molecule has 314 valence electrons. The van der Waals surface area contributed by atoms with Gasteiger partial charge in [-0.1, -0.05) is 184 Å². The van der Waals surface area contributed by atoms with Crippen molar-refractivity contribution in [2.45, 2.75) is 31.7 Å². The van der Waals surface area contributed by atoms with E-state index >= 15 is 0 Å². The molecule has 66 heavy (non-hydrogen) atoms. The summed E-state index contributed by atoms with van der Waals surface area (Å²) in [4.78, 5) is 2.58. The Balaban J connectivity index is 1.08. The zero-order valence-electron chi connectivity index (χ0n) is 36.9. The van der Waals surface area contributed by atoms with E-state index in [1.807, 2.05) is 0 Å². The zero-order valence-corrected chi connectivity index (χ0v) is 36.9. The van der Waals surface area contributed by atoms with E-state index in [1.54, 1.807) is 0 Å². The normalized spacial score (nSPS) is 15.2. The van der Waals surface area contributed by atoms with Crippen molar-refractivity contribution in [2.75, 3.05) is 4.90 Å². The molecule has 9 aromatic carbocycles. The van der Waals surface area contributed by atoms with Crippen LogP contribution in [-0.2, 0) is 5.41 Å². The van der Waals surface area contributed by atoms with Crippen LogP contribution in [0, 0.1) is 0 Å². The monoisotopic (exact) mass is 846 g/mol. The molecule has 2 heterocycles. The van der Waals surface area contributed by atoms with Crippen molar-refractivity contribution in [2.24, 2.45) is 0 Å². The maximum atomic E-state index is 6.78. The quantitative estimate of drug-likeness (QED) is 0.159. The van der Waals surface area contributed by atoms with Crippen molar-refractivity contribution in [3.05, 3.63) is 241 Å². The number of benzene rings is 9. The molecule has 0 amide bonds.